The molecule has 1 N–H and O–H groups in total. The molecule has 0 radical (unpaired) electrons. The fourth-order valence-corrected chi connectivity index (χ4v) is 2.79. The standard InChI is InChI=1S/C17H26N2O2/c1-14(12-15-8-4-5-9-16(15)21-2)18-13-17(20)19-10-6-3-7-11-19/h4-5,8-9,14,18H,3,6-7,10-13H2,1-2H3. The van der Waals surface area contributed by atoms with Gasteiger partial charge in [-0.2, -0.15) is 0 Å². The van der Waals surface area contributed by atoms with Gasteiger partial charge in [-0.15, -0.1) is 0 Å². The summed E-state index contributed by atoms with van der Waals surface area (Å²) in [5.41, 5.74) is 1.17. The molecule has 1 unspecified atom stereocenters. The van der Waals surface area contributed by atoms with Crippen LogP contribution in [0.15, 0.2) is 24.3 Å². The number of ether oxygens (including phenoxy) is 1. The van der Waals surface area contributed by atoms with Gasteiger partial charge in [-0.1, -0.05) is 18.2 Å². The summed E-state index contributed by atoms with van der Waals surface area (Å²) in [5, 5.41) is 3.33. The second-order valence-corrected chi connectivity index (χ2v) is 5.74. The Kier molecular flexibility index (Phi) is 6.05. The largest absolute Gasteiger partial charge is 0.496 e. The zero-order chi connectivity index (χ0) is 15.1. The molecule has 2 rings (SSSR count). The summed E-state index contributed by atoms with van der Waals surface area (Å²) >= 11 is 0. The molecule has 21 heavy (non-hydrogen) atoms. The predicted octanol–water partition coefficient (Wildman–Crippen LogP) is 2.23. The lowest BCUT2D eigenvalue weighted by Gasteiger charge is -2.27. The van der Waals surface area contributed by atoms with E-state index in [2.05, 4.69) is 18.3 Å². The molecule has 0 aliphatic carbocycles. The van der Waals surface area contributed by atoms with Crippen molar-refractivity contribution >= 4 is 5.91 Å². The van der Waals surface area contributed by atoms with Crippen molar-refractivity contribution in [2.75, 3.05) is 26.7 Å². The highest BCUT2D eigenvalue weighted by Crippen LogP contribution is 2.18. The molecular weight excluding hydrogens is 264 g/mol. The van der Waals surface area contributed by atoms with Gasteiger partial charge in [-0.25, -0.2) is 0 Å². The quantitative estimate of drug-likeness (QED) is 0.873. The lowest BCUT2D eigenvalue weighted by Crippen LogP contribution is -2.43. The van der Waals surface area contributed by atoms with Gasteiger partial charge in [-0.05, 0) is 44.2 Å². The number of hydrogen-bond donors (Lipinski definition) is 1. The van der Waals surface area contributed by atoms with Crippen LogP contribution in [0.5, 0.6) is 5.75 Å². The Labute approximate surface area is 127 Å². The van der Waals surface area contributed by atoms with Crippen molar-refractivity contribution < 1.29 is 9.53 Å². The SMILES string of the molecule is COc1ccccc1CC(C)NCC(=O)N1CCCCC1. The fraction of sp³-hybridized carbons (Fsp3) is 0.588. The van der Waals surface area contributed by atoms with Gasteiger partial charge < -0.3 is 15.0 Å². The number of piperidine rings is 1. The average Bonchev–Trinajstić information content (AvgIpc) is 2.54. The molecule has 1 saturated heterocycles. The third-order valence-corrected chi connectivity index (χ3v) is 4.03. The van der Waals surface area contributed by atoms with Crippen LogP contribution in [-0.4, -0.2) is 43.6 Å². The molecule has 4 heteroatoms. The Hall–Kier alpha value is -1.55. The summed E-state index contributed by atoms with van der Waals surface area (Å²) in [6.45, 7) is 4.37. The number of methoxy groups -OCH3 is 1. The second kappa shape index (κ2) is 8.03. The van der Waals surface area contributed by atoms with E-state index < -0.39 is 0 Å². The van der Waals surface area contributed by atoms with E-state index in [1.54, 1.807) is 7.11 Å². The average molecular weight is 290 g/mol. The van der Waals surface area contributed by atoms with E-state index in [9.17, 15) is 4.79 Å². The third-order valence-electron chi connectivity index (χ3n) is 4.03. The summed E-state index contributed by atoms with van der Waals surface area (Å²) in [7, 11) is 1.69. The Morgan fingerprint density at radius 2 is 2.00 bits per heavy atom. The Morgan fingerprint density at radius 1 is 1.29 bits per heavy atom. The van der Waals surface area contributed by atoms with Crippen LogP contribution in [0.25, 0.3) is 0 Å². The van der Waals surface area contributed by atoms with Gasteiger partial charge >= 0.3 is 0 Å². The number of carbonyl (C=O) groups excluding carboxylic acids is 1. The van der Waals surface area contributed by atoms with E-state index >= 15 is 0 Å². The minimum atomic E-state index is 0.224. The molecule has 1 fully saturated rings. The van der Waals surface area contributed by atoms with Crippen molar-refractivity contribution in [2.24, 2.45) is 0 Å². The van der Waals surface area contributed by atoms with Crippen molar-refractivity contribution in [3.63, 3.8) is 0 Å². The minimum absolute atomic E-state index is 0.224. The maximum absolute atomic E-state index is 12.1. The number of amides is 1. The van der Waals surface area contributed by atoms with Crippen molar-refractivity contribution in [1.82, 2.24) is 10.2 Å². The Balaban J connectivity index is 1.78. The number of nitrogens with one attached hydrogen (secondary N) is 1. The number of nitrogens with zero attached hydrogens (tertiary/aromatic N) is 1. The van der Waals surface area contributed by atoms with Crippen molar-refractivity contribution in [3.05, 3.63) is 29.8 Å². The lowest BCUT2D eigenvalue weighted by molar-refractivity contribution is -0.131. The second-order valence-electron chi connectivity index (χ2n) is 5.74. The zero-order valence-electron chi connectivity index (χ0n) is 13.1. The molecule has 1 aromatic rings. The first-order valence-electron chi connectivity index (χ1n) is 7.83. The molecular formula is C17H26N2O2. The van der Waals surface area contributed by atoms with Crippen molar-refractivity contribution in [2.45, 2.75) is 38.6 Å². The molecule has 1 heterocycles. The maximum Gasteiger partial charge on any atom is 0.236 e. The highest BCUT2D eigenvalue weighted by atomic mass is 16.5. The normalized spacial score (nSPS) is 16.6. The molecule has 0 aromatic heterocycles. The van der Waals surface area contributed by atoms with Crippen LogP contribution in [0.4, 0.5) is 0 Å². The first kappa shape index (κ1) is 15.8. The van der Waals surface area contributed by atoms with Crippen LogP contribution in [-0.2, 0) is 11.2 Å². The van der Waals surface area contributed by atoms with E-state index in [1.165, 1.54) is 12.0 Å². The summed E-state index contributed by atoms with van der Waals surface area (Å²) in [6, 6.07) is 8.28. The molecule has 1 atom stereocenters. The summed E-state index contributed by atoms with van der Waals surface area (Å²) in [5.74, 6) is 1.13. The number of hydrogen-bond acceptors (Lipinski definition) is 3. The number of rotatable bonds is 6. The molecule has 1 aromatic carbocycles. The van der Waals surface area contributed by atoms with Crippen LogP contribution >= 0.6 is 0 Å². The summed E-state index contributed by atoms with van der Waals surface area (Å²) in [6.07, 6.45) is 4.39. The van der Waals surface area contributed by atoms with Crippen LogP contribution in [0.2, 0.25) is 0 Å². The molecule has 116 valence electrons. The fourth-order valence-electron chi connectivity index (χ4n) is 2.79. The summed E-state index contributed by atoms with van der Waals surface area (Å²) < 4.78 is 5.36. The Morgan fingerprint density at radius 3 is 2.71 bits per heavy atom. The first-order valence-corrected chi connectivity index (χ1v) is 7.83. The first-order chi connectivity index (χ1) is 10.2. The van der Waals surface area contributed by atoms with Crippen LogP contribution in [0.3, 0.4) is 0 Å². The number of para-hydroxylation sites is 1. The molecule has 1 aliphatic heterocycles. The monoisotopic (exact) mass is 290 g/mol. The lowest BCUT2D eigenvalue weighted by atomic mass is 10.1. The predicted molar refractivity (Wildman–Crippen MR) is 84.6 cm³/mol. The molecule has 0 saturated carbocycles. The summed E-state index contributed by atoms with van der Waals surface area (Å²) in [4.78, 5) is 14.1. The van der Waals surface area contributed by atoms with E-state index in [0.29, 0.717) is 6.54 Å². The molecule has 4 nitrogen and oxygen atoms in total. The Bertz CT molecular complexity index is 456. The number of likely N-dealkylation sites (tertiary alicyclic amines) is 1. The van der Waals surface area contributed by atoms with Gasteiger partial charge in [-0.3, -0.25) is 4.79 Å². The molecule has 1 aliphatic rings. The number of benzene rings is 1. The molecule has 0 spiro atoms. The van der Waals surface area contributed by atoms with Gasteiger partial charge in [0.15, 0.2) is 0 Å². The highest BCUT2D eigenvalue weighted by Gasteiger charge is 2.17. The zero-order valence-corrected chi connectivity index (χ0v) is 13.1. The smallest absolute Gasteiger partial charge is 0.236 e. The number of carbonyl (C=O) groups is 1. The maximum atomic E-state index is 12.1. The minimum Gasteiger partial charge on any atom is -0.496 e. The highest BCUT2D eigenvalue weighted by molar-refractivity contribution is 5.78. The molecule has 1 amide bonds. The van der Waals surface area contributed by atoms with E-state index in [4.69, 9.17) is 4.74 Å². The van der Waals surface area contributed by atoms with Gasteiger partial charge in [0.2, 0.25) is 5.91 Å². The topological polar surface area (TPSA) is 41.6 Å². The van der Waals surface area contributed by atoms with E-state index in [-0.39, 0.29) is 11.9 Å². The van der Waals surface area contributed by atoms with Crippen molar-refractivity contribution in [1.29, 1.82) is 0 Å². The van der Waals surface area contributed by atoms with Crippen molar-refractivity contribution in [3.8, 4) is 5.75 Å². The third kappa shape index (κ3) is 4.74. The molecule has 0 bridgehead atoms. The van der Waals surface area contributed by atoms with Crippen LogP contribution in [0.1, 0.15) is 31.7 Å². The van der Waals surface area contributed by atoms with E-state index in [1.807, 2.05) is 23.1 Å². The van der Waals surface area contributed by atoms with Gasteiger partial charge in [0.25, 0.3) is 0 Å². The van der Waals surface area contributed by atoms with Crippen LogP contribution < -0.4 is 10.1 Å². The van der Waals surface area contributed by atoms with E-state index in [0.717, 1.165) is 38.1 Å². The van der Waals surface area contributed by atoms with Crippen LogP contribution in [0, 0.1) is 0 Å². The van der Waals surface area contributed by atoms with Gasteiger partial charge in [0, 0.05) is 19.1 Å². The van der Waals surface area contributed by atoms with Gasteiger partial charge in [0.1, 0.15) is 5.75 Å². The van der Waals surface area contributed by atoms with Gasteiger partial charge in [0.05, 0.1) is 13.7 Å².